The van der Waals surface area contributed by atoms with E-state index in [1.807, 2.05) is 7.05 Å². The van der Waals surface area contributed by atoms with Gasteiger partial charge in [0.25, 0.3) is 15.9 Å². The van der Waals surface area contributed by atoms with Crippen LogP contribution in [0.3, 0.4) is 0 Å². The number of nitrogens with one attached hydrogen (secondary N) is 1. The fraction of sp³-hybridized carbons (Fsp3) is 0.316. The molecule has 1 fully saturated rings. The molecule has 28 heavy (non-hydrogen) atoms. The van der Waals surface area contributed by atoms with Gasteiger partial charge >= 0.3 is 0 Å². The minimum atomic E-state index is -3.78. The van der Waals surface area contributed by atoms with Gasteiger partial charge in [0, 0.05) is 31.9 Å². The Hall–Kier alpha value is -2.29. The summed E-state index contributed by atoms with van der Waals surface area (Å²) < 4.78 is 33.0. The highest BCUT2D eigenvalue weighted by Crippen LogP contribution is 2.28. The van der Waals surface area contributed by atoms with Gasteiger partial charge in [0.05, 0.1) is 9.92 Å². The number of nitrogens with zero attached hydrogens (tertiary/aromatic N) is 2. The van der Waals surface area contributed by atoms with Crippen LogP contribution < -0.4 is 9.46 Å². The number of piperazine rings is 1. The predicted molar refractivity (Wildman–Crippen MR) is 108 cm³/mol. The third-order valence-corrected chi connectivity index (χ3v) is 6.12. The molecule has 1 N–H and O–H groups in total. The average molecular weight is 424 g/mol. The molecule has 3 rings (SSSR count). The second-order valence-electron chi connectivity index (χ2n) is 6.54. The molecular formula is C19H22ClN3O4S. The van der Waals surface area contributed by atoms with Crippen LogP contribution in [0.1, 0.15) is 0 Å². The zero-order chi connectivity index (χ0) is 20.1. The largest absolute Gasteiger partial charge is 0.482 e. The van der Waals surface area contributed by atoms with Crippen LogP contribution in [0.5, 0.6) is 5.75 Å². The van der Waals surface area contributed by atoms with Crippen LogP contribution in [-0.2, 0) is 14.8 Å². The fourth-order valence-corrected chi connectivity index (χ4v) is 4.16. The molecule has 1 heterocycles. The van der Waals surface area contributed by atoms with E-state index in [2.05, 4.69) is 9.62 Å². The number of halogens is 1. The first-order valence-electron chi connectivity index (χ1n) is 8.82. The third-order valence-electron chi connectivity index (χ3n) is 4.45. The lowest BCUT2D eigenvalue weighted by Crippen LogP contribution is -2.48. The maximum absolute atomic E-state index is 12.5. The molecular weight excluding hydrogens is 402 g/mol. The molecule has 7 nitrogen and oxygen atoms in total. The molecule has 1 aliphatic rings. The number of hydrogen-bond acceptors (Lipinski definition) is 5. The molecule has 2 aromatic carbocycles. The van der Waals surface area contributed by atoms with Gasteiger partial charge in [0.2, 0.25) is 0 Å². The number of sulfonamides is 1. The molecule has 2 aromatic rings. The van der Waals surface area contributed by atoms with Crippen LogP contribution in [-0.4, -0.2) is 64.0 Å². The molecule has 0 atom stereocenters. The average Bonchev–Trinajstić information content (AvgIpc) is 2.67. The van der Waals surface area contributed by atoms with Crippen LogP contribution >= 0.6 is 11.6 Å². The summed E-state index contributed by atoms with van der Waals surface area (Å²) in [6.07, 6.45) is 0. The molecule has 1 saturated heterocycles. The Morgan fingerprint density at radius 1 is 1.11 bits per heavy atom. The van der Waals surface area contributed by atoms with Gasteiger partial charge in [-0.15, -0.1) is 0 Å². The second kappa shape index (κ2) is 8.81. The molecule has 9 heteroatoms. The molecule has 0 saturated carbocycles. The maximum Gasteiger partial charge on any atom is 0.261 e. The highest BCUT2D eigenvalue weighted by Gasteiger charge is 2.20. The first-order valence-corrected chi connectivity index (χ1v) is 10.7. The van der Waals surface area contributed by atoms with Crippen molar-refractivity contribution in [3.8, 4) is 5.75 Å². The van der Waals surface area contributed by atoms with E-state index >= 15 is 0 Å². The van der Waals surface area contributed by atoms with Crippen LogP contribution in [0.4, 0.5) is 5.69 Å². The quantitative estimate of drug-likeness (QED) is 0.771. The maximum atomic E-state index is 12.5. The van der Waals surface area contributed by atoms with Gasteiger partial charge in [0.15, 0.2) is 6.61 Å². The number of para-hydroxylation sites is 1. The summed E-state index contributed by atoms with van der Waals surface area (Å²) in [5.74, 6) is 0.148. The SMILES string of the molecule is CN1CCN(C(=O)COc2ccc(S(=O)(=O)Nc3ccccc3)cc2Cl)CC1. The van der Waals surface area contributed by atoms with Gasteiger partial charge in [-0.1, -0.05) is 29.8 Å². The van der Waals surface area contributed by atoms with Crippen LogP contribution in [0.25, 0.3) is 0 Å². The van der Waals surface area contributed by atoms with E-state index in [4.69, 9.17) is 16.3 Å². The first kappa shape index (κ1) is 20.4. The minimum absolute atomic E-state index is 0.0131. The van der Waals surface area contributed by atoms with E-state index in [1.165, 1.54) is 18.2 Å². The van der Waals surface area contributed by atoms with Crippen LogP contribution in [0, 0.1) is 0 Å². The Kier molecular flexibility index (Phi) is 6.43. The van der Waals surface area contributed by atoms with Crippen molar-refractivity contribution < 1.29 is 17.9 Å². The van der Waals surface area contributed by atoms with E-state index in [0.29, 0.717) is 18.8 Å². The lowest BCUT2D eigenvalue weighted by molar-refractivity contribution is -0.134. The highest BCUT2D eigenvalue weighted by molar-refractivity contribution is 7.92. The normalized spacial score (nSPS) is 15.3. The Morgan fingerprint density at radius 2 is 1.79 bits per heavy atom. The third kappa shape index (κ3) is 5.15. The standard InChI is InChI=1S/C19H22ClN3O4S/c1-22-9-11-23(12-10-22)19(24)14-27-18-8-7-16(13-17(18)20)28(25,26)21-15-5-3-2-4-6-15/h2-8,13,21H,9-12,14H2,1H3. The van der Waals surface area contributed by atoms with Gasteiger partial charge in [-0.2, -0.15) is 0 Å². The van der Waals surface area contributed by atoms with E-state index in [1.54, 1.807) is 35.2 Å². The summed E-state index contributed by atoms with van der Waals surface area (Å²) in [6.45, 7) is 2.84. The molecule has 0 bridgehead atoms. The Balaban J connectivity index is 1.63. The van der Waals surface area contributed by atoms with Crippen molar-refractivity contribution in [2.24, 2.45) is 0 Å². The number of rotatable bonds is 6. The molecule has 0 aromatic heterocycles. The van der Waals surface area contributed by atoms with Gasteiger partial charge in [-0.05, 0) is 37.4 Å². The summed E-state index contributed by atoms with van der Waals surface area (Å²) in [5.41, 5.74) is 0.455. The zero-order valence-electron chi connectivity index (χ0n) is 15.5. The monoisotopic (exact) mass is 423 g/mol. The Labute approximate surface area is 169 Å². The van der Waals surface area contributed by atoms with E-state index in [9.17, 15) is 13.2 Å². The van der Waals surface area contributed by atoms with Gasteiger partial charge in [-0.3, -0.25) is 9.52 Å². The van der Waals surface area contributed by atoms with E-state index in [0.717, 1.165) is 13.1 Å². The predicted octanol–water partition coefficient (Wildman–Crippen LogP) is 2.29. The summed E-state index contributed by atoms with van der Waals surface area (Å²) >= 11 is 6.18. The molecule has 0 spiro atoms. The number of carbonyl (C=O) groups excluding carboxylic acids is 1. The smallest absolute Gasteiger partial charge is 0.261 e. The van der Waals surface area contributed by atoms with Gasteiger partial charge in [-0.25, -0.2) is 8.42 Å². The molecule has 0 unspecified atom stereocenters. The fourth-order valence-electron chi connectivity index (χ4n) is 2.77. The van der Waals surface area contributed by atoms with Crippen molar-refractivity contribution in [1.29, 1.82) is 0 Å². The summed E-state index contributed by atoms with van der Waals surface area (Å²) in [5, 5.41) is 0.127. The number of carbonyl (C=O) groups is 1. The zero-order valence-corrected chi connectivity index (χ0v) is 17.0. The van der Waals surface area contributed by atoms with Gasteiger partial charge < -0.3 is 14.5 Å². The molecule has 150 valence electrons. The van der Waals surface area contributed by atoms with Crippen molar-refractivity contribution in [3.05, 3.63) is 53.6 Å². The topological polar surface area (TPSA) is 79.0 Å². The summed E-state index contributed by atoms with van der Waals surface area (Å²) in [7, 11) is -1.76. The van der Waals surface area contributed by atoms with E-state index < -0.39 is 10.0 Å². The lowest BCUT2D eigenvalue weighted by atomic mass is 10.3. The van der Waals surface area contributed by atoms with Crippen molar-refractivity contribution in [2.75, 3.05) is 44.6 Å². The van der Waals surface area contributed by atoms with Crippen LogP contribution in [0.2, 0.25) is 5.02 Å². The molecule has 0 aliphatic carbocycles. The van der Waals surface area contributed by atoms with Crippen molar-refractivity contribution in [2.45, 2.75) is 4.90 Å². The number of ether oxygens (including phenoxy) is 1. The van der Waals surface area contributed by atoms with Crippen LogP contribution in [0.15, 0.2) is 53.4 Å². The molecule has 1 aliphatic heterocycles. The summed E-state index contributed by atoms with van der Waals surface area (Å²) in [6, 6.07) is 12.7. The molecule has 0 radical (unpaired) electrons. The Bertz CT molecular complexity index is 929. The number of anilines is 1. The van der Waals surface area contributed by atoms with Crippen molar-refractivity contribution in [3.63, 3.8) is 0 Å². The number of likely N-dealkylation sites (N-methyl/N-ethyl adjacent to an activating group) is 1. The summed E-state index contributed by atoms with van der Waals surface area (Å²) in [4.78, 5) is 16.2. The van der Waals surface area contributed by atoms with Crippen molar-refractivity contribution >= 4 is 33.2 Å². The van der Waals surface area contributed by atoms with Gasteiger partial charge in [0.1, 0.15) is 5.75 Å². The lowest BCUT2D eigenvalue weighted by Gasteiger charge is -2.32. The highest BCUT2D eigenvalue weighted by atomic mass is 35.5. The second-order valence-corrected chi connectivity index (χ2v) is 8.63. The number of benzene rings is 2. The number of hydrogen-bond donors (Lipinski definition) is 1. The molecule has 1 amide bonds. The first-order chi connectivity index (χ1) is 13.3. The van der Waals surface area contributed by atoms with Crippen molar-refractivity contribution in [1.82, 2.24) is 9.80 Å². The Morgan fingerprint density at radius 3 is 2.43 bits per heavy atom. The minimum Gasteiger partial charge on any atom is -0.482 e. The number of amides is 1. The van der Waals surface area contributed by atoms with E-state index in [-0.39, 0.29) is 28.2 Å².